The molecule has 1 nitrogen and oxygen atoms in total. The number of halogens is 4. The number of fused-ring (bicyclic) bond motifs is 2. The highest BCUT2D eigenvalue weighted by Gasteiger charge is 2.37. The summed E-state index contributed by atoms with van der Waals surface area (Å²) in [6.45, 7) is 1.68. The molecule has 1 heterocycles. The Labute approximate surface area is 151 Å². The van der Waals surface area contributed by atoms with Gasteiger partial charge in [0, 0.05) is 27.2 Å². The molecule has 1 aliphatic rings. The average molecular weight is 412 g/mol. The van der Waals surface area contributed by atoms with Gasteiger partial charge in [0.05, 0.1) is 0 Å². The van der Waals surface area contributed by atoms with Gasteiger partial charge in [-0.05, 0) is 12.1 Å². The summed E-state index contributed by atoms with van der Waals surface area (Å²) in [6, 6.07) is 11.8. The first-order chi connectivity index (χ1) is 10.3. The Bertz CT molecular complexity index is 672. The second-order valence-electron chi connectivity index (χ2n) is 5.50. The first-order valence-corrected chi connectivity index (χ1v) is 12.8. The first kappa shape index (κ1) is 17.1. The summed E-state index contributed by atoms with van der Waals surface area (Å²) in [6.07, 6.45) is 0. The zero-order chi connectivity index (χ0) is 16.1. The minimum Gasteiger partial charge on any atom is -0.455 e. The fraction of sp³-hybridized carbons (Fsp3) is 0.200. The van der Waals surface area contributed by atoms with Crippen molar-refractivity contribution in [3.63, 3.8) is 0 Å². The number of para-hydroxylation sites is 2. The van der Waals surface area contributed by atoms with Crippen molar-refractivity contribution in [2.45, 2.75) is 19.3 Å². The Morgan fingerprint density at radius 1 is 0.773 bits per heavy atom. The smallest absolute Gasteiger partial charge is 0.141 e. The standard InChI is InChI=1S/C15H12Cl4OP2/c1-15(2)9-5-3-7-11(21(16)17)13(9)20-14-10(15)6-4-8-12(14)22(18)19/h3-8H,1-2H3. The van der Waals surface area contributed by atoms with Crippen LogP contribution in [-0.4, -0.2) is 0 Å². The van der Waals surface area contributed by atoms with Crippen molar-refractivity contribution in [2.75, 3.05) is 0 Å². The van der Waals surface area contributed by atoms with E-state index in [1.807, 2.05) is 36.4 Å². The predicted molar refractivity (Wildman–Crippen MR) is 102 cm³/mol. The lowest BCUT2D eigenvalue weighted by molar-refractivity contribution is 0.425. The van der Waals surface area contributed by atoms with Gasteiger partial charge in [0.1, 0.15) is 24.8 Å². The molecule has 7 heteroatoms. The molecule has 0 aliphatic carbocycles. The van der Waals surface area contributed by atoms with E-state index in [9.17, 15) is 0 Å². The summed E-state index contributed by atoms with van der Waals surface area (Å²) in [7, 11) is 0. The minimum absolute atomic E-state index is 0.243. The molecule has 116 valence electrons. The lowest BCUT2D eigenvalue weighted by Crippen LogP contribution is -2.29. The zero-order valence-electron chi connectivity index (χ0n) is 11.8. The van der Waals surface area contributed by atoms with Gasteiger partial charge < -0.3 is 4.74 Å². The van der Waals surface area contributed by atoms with Gasteiger partial charge in [0.15, 0.2) is 0 Å². The van der Waals surface area contributed by atoms with Crippen molar-refractivity contribution in [3.05, 3.63) is 47.5 Å². The lowest BCUT2D eigenvalue weighted by atomic mass is 9.76. The fourth-order valence-electron chi connectivity index (χ4n) is 2.76. The molecular weight excluding hydrogens is 400 g/mol. The highest BCUT2D eigenvalue weighted by atomic mass is 35.9. The maximum absolute atomic E-state index is 6.19. The molecule has 0 aromatic heterocycles. The molecule has 1 aliphatic heterocycles. The Morgan fingerprint density at radius 3 is 1.55 bits per heavy atom. The van der Waals surface area contributed by atoms with Crippen LogP contribution in [-0.2, 0) is 5.41 Å². The van der Waals surface area contributed by atoms with Gasteiger partial charge in [-0.2, -0.15) is 0 Å². The van der Waals surface area contributed by atoms with Crippen LogP contribution in [0.4, 0.5) is 0 Å². The van der Waals surface area contributed by atoms with Crippen molar-refractivity contribution in [3.8, 4) is 11.5 Å². The predicted octanol–water partition coefficient (Wildman–Crippen LogP) is 6.95. The van der Waals surface area contributed by atoms with Crippen molar-refractivity contribution >= 4 is 68.8 Å². The van der Waals surface area contributed by atoms with Crippen LogP contribution in [0.3, 0.4) is 0 Å². The second kappa shape index (κ2) is 6.29. The third-order valence-corrected chi connectivity index (χ3v) is 7.52. The normalized spacial score (nSPS) is 15.5. The molecule has 0 amide bonds. The summed E-state index contributed by atoms with van der Waals surface area (Å²) < 4.78 is 6.19. The third-order valence-electron chi connectivity index (χ3n) is 3.90. The molecule has 0 bridgehead atoms. The molecule has 0 fully saturated rings. The van der Waals surface area contributed by atoms with Crippen LogP contribution >= 0.6 is 58.2 Å². The molecule has 0 saturated heterocycles. The van der Waals surface area contributed by atoms with Gasteiger partial charge in [-0.3, -0.25) is 0 Å². The Kier molecular flexibility index (Phi) is 4.88. The molecule has 0 unspecified atom stereocenters. The van der Waals surface area contributed by atoms with E-state index in [1.54, 1.807) is 0 Å². The molecule has 0 N–H and O–H groups in total. The second-order valence-corrected chi connectivity index (χ2v) is 12.5. The van der Waals surface area contributed by atoms with Crippen molar-refractivity contribution < 1.29 is 4.74 Å². The van der Waals surface area contributed by atoms with E-state index in [2.05, 4.69) is 13.8 Å². The summed E-state index contributed by atoms with van der Waals surface area (Å²) in [5.41, 5.74) is 1.89. The van der Waals surface area contributed by atoms with Crippen LogP contribution < -0.4 is 15.3 Å². The van der Waals surface area contributed by atoms with E-state index in [0.717, 1.165) is 33.2 Å². The monoisotopic (exact) mass is 410 g/mol. The van der Waals surface area contributed by atoms with Crippen LogP contribution in [0.5, 0.6) is 11.5 Å². The molecule has 0 spiro atoms. The molecule has 2 aromatic rings. The average Bonchev–Trinajstić information content (AvgIpc) is 2.46. The Balaban J connectivity index is 2.29. The number of ether oxygens (including phenoxy) is 1. The minimum atomic E-state index is -1.31. The van der Waals surface area contributed by atoms with E-state index in [0.29, 0.717) is 0 Å². The molecule has 0 radical (unpaired) electrons. The third kappa shape index (κ3) is 2.75. The van der Waals surface area contributed by atoms with Gasteiger partial charge >= 0.3 is 0 Å². The number of hydrogen-bond acceptors (Lipinski definition) is 1. The summed E-state index contributed by atoms with van der Waals surface area (Å²) in [4.78, 5) is 0. The maximum atomic E-state index is 6.19. The quantitative estimate of drug-likeness (QED) is 0.486. The zero-order valence-corrected chi connectivity index (χ0v) is 16.6. The van der Waals surface area contributed by atoms with Crippen LogP contribution in [0, 0.1) is 0 Å². The van der Waals surface area contributed by atoms with Crippen LogP contribution in [0.25, 0.3) is 0 Å². The molecular formula is C15H12Cl4OP2. The van der Waals surface area contributed by atoms with Gasteiger partial charge in [-0.1, -0.05) is 83.1 Å². The lowest BCUT2D eigenvalue weighted by Gasteiger charge is -2.36. The van der Waals surface area contributed by atoms with Gasteiger partial charge in [-0.25, -0.2) is 0 Å². The van der Waals surface area contributed by atoms with E-state index >= 15 is 0 Å². The van der Waals surface area contributed by atoms with Crippen LogP contribution in [0.1, 0.15) is 25.0 Å². The van der Waals surface area contributed by atoms with Crippen molar-refractivity contribution in [2.24, 2.45) is 0 Å². The van der Waals surface area contributed by atoms with E-state index in [1.165, 1.54) is 0 Å². The number of rotatable bonds is 2. The number of benzene rings is 2. The number of hydrogen-bond donors (Lipinski definition) is 0. The largest absolute Gasteiger partial charge is 0.455 e. The van der Waals surface area contributed by atoms with Crippen LogP contribution in [0.15, 0.2) is 36.4 Å². The summed E-state index contributed by atoms with van der Waals surface area (Å²) >= 11 is 24.7. The highest BCUT2D eigenvalue weighted by Crippen LogP contribution is 2.56. The van der Waals surface area contributed by atoms with Gasteiger partial charge in [-0.15, -0.1) is 0 Å². The summed E-state index contributed by atoms with van der Waals surface area (Å²) in [5.74, 6) is 1.46. The SMILES string of the molecule is CC1(C)c2cccc(P(Cl)Cl)c2Oc2c(P(Cl)Cl)cccc21. The fourth-order valence-corrected chi connectivity index (χ4v) is 5.40. The highest BCUT2D eigenvalue weighted by molar-refractivity contribution is 8.09. The topological polar surface area (TPSA) is 9.23 Å². The van der Waals surface area contributed by atoms with E-state index in [-0.39, 0.29) is 5.41 Å². The van der Waals surface area contributed by atoms with Gasteiger partial charge in [0.25, 0.3) is 0 Å². The van der Waals surface area contributed by atoms with Crippen LogP contribution in [0.2, 0.25) is 0 Å². The Hall–Kier alpha value is 0.260. The maximum Gasteiger partial charge on any atom is 0.141 e. The van der Waals surface area contributed by atoms with Gasteiger partial charge in [0.2, 0.25) is 0 Å². The molecule has 0 saturated carbocycles. The molecule has 0 atom stereocenters. The summed E-state index contributed by atoms with van der Waals surface area (Å²) in [5, 5.41) is 1.63. The molecule has 2 aromatic carbocycles. The molecule has 22 heavy (non-hydrogen) atoms. The molecule has 3 rings (SSSR count). The Morgan fingerprint density at radius 2 is 1.18 bits per heavy atom. The first-order valence-electron chi connectivity index (χ1n) is 6.52. The van der Waals surface area contributed by atoms with Crippen molar-refractivity contribution in [1.82, 2.24) is 0 Å². The van der Waals surface area contributed by atoms with Crippen molar-refractivity contribution in [1.29, 1.82) is 0 Å². The van der Waals surface area contributed by atoms with E-state index < -0.39 is 13.3 Å². The van der Waals surface area contributed by atoms with E-state index in [4.69, 9.17) is 49.7 Å².